The monoisotopic (exact) mass is 404 g/mol. The number of benzene rings is 3. The third-order valence-electron chi connectivity index (χ3n) is 4.70. The molecule has 5 heteroatoms. The van der Waals surface area contributed by atoms with Gasteiger partial charge in [0.25, 0.3) is 0 Å². The van der Waals surface area contributed by atoms with Crippen molar-refractivity contribution in [3.8, 4) is 5.75 Å². The second kappa shape index (κ2) is 8.62. The molecule has 4 rings (SSSR count). The standard InChI is InChI=1S/C24H24N2O2S/c1-17(2)15-16-28-19-13-11-18(12-14-19)25-24(27)26-20-7-3-5-9-22(20)29-23-10-6-4-8-21(23)26/h3-14,17H,15-16H2,1-2H3,(H,25,27). The number of hydrogen-bond donors (Lipinski definition) is 1. The van der Waals surface area contributed by atoms with Gasteiger partial charge in [-0.1, -0.05) is 49.9 Å². The summed E-state index contributed by atoms with van der Waals surface area (Å²) in [6.07, 6.45) is 1.02. The number of ether oxygens (including phenoxy) is 1. The van der Waals surface area contributed by atoms with E-state index in [2.05, 4.69) is 19.2 Å². The molecule has 0 atom stereocenters. The van der Waals surface area contributed by atoms with E-state index in [1.807, 2.05) is 72.8 Å². The molecule has 0 saturated heterocycles. The summed E-state index contributed by atoms with van der Waals surface area (Å²) in [5.41, 5.74) is 2.52. The molecule has 1 N–H and O–H groups in total. The van der Waals surface area contributed by atoms with Crippen LogP contribution in [0, 0.1) is 5.92 Å². The number of carbonyl (C=O) groups excluding carboxylic acids is 1. The summed E-state index contributed by atoms with van der Waals surface area (Å²) in [6, 6.07) is 23.3. The summed E-state index contributed by atoms with van der Waals surface area (Å²) < 4.78 is 5.76. The van der Waals surface area contributed by atoms with Crippen LogP contribution < -0.4 is 15.0 Å². The predicted molar refractivity (Wildman–Crippen MR) is 120 cm³/mol. The smallest absolute Gasteiger partial charge is 0.331 e. The Labute approximate surface area is 175 Å². The van der Waals surface area contributed by atoms with E-state index in [4.69, 9.17) is 4.74 Å². The van der Waals surface area contributed by atoms with Gasteiger partial charge in [0.15, 0.2) is 0 Å². The van der Waals surface area contributed by atoms with E-state index in [0.717, 1.165) is 39.0 Å². The Morgan fingerprint density at radius 3 is 2.10 bits per heavy atom. The number of nitrogens with one attached hydrogen (secondary N) is 1. The van der Waals surface area contributed by atoms with Gasteiger partial charge in [-0.2, -0.15) is 0 Å². The van der Waals surface area contributed by atoms with Crippen LogP contribution in [0.15, 0.2) is 82.6 Å². The molecule has 4 nitrogen and oxygen atoms in total. The highest BCUT2D eigenvalue weighted by molar-refractivity contribution is 7.99. The summed E-state index contributed by atoms with van der Waals surface area (Å²) in [5.74, 6) is 1.43. The number of urea groups is 1. The van der Waals surface area contributed by atoms with Crippen LogP contribution >= 0.6 is 11.8 Å². The van der Waals surface area contributed by atoms with Crippen LogP contribution in [0.2, 0.25) is 0 Å². The zero-order chi connectivity index (χ0) is 20.2. The molecular formula is C24H24N2O2S. The maximum absolute atomic E-state index is 13.2. The number of fused-ring (bicyclic) bond motifs is 2. The second-order valence-corrected chi connectivity index (χ2v) is 8.44. The fraction of sp³-hybridized carbons (Fsp3) is 0.208. The lowest BCUT2D eigenvalue weighted by atomic mass is 10.1. The number of anilines is 3. The Morgan fingerprint density at radius 1 is 0.931 bits per heavy atom. The first-order chi connectivity index (χ1) is 14.1. The lowest BCUT2D eigenvalue weighted by Crippen LogP contribution is -2.32. The Balaban J connectivity index is 1.52. The van der Waals surface area contributed by atoms with Crippen LogP contribution in [0.5, 0.6) is 5.75 Å². The van der Waals surface area contributed by atoms with Crippen molar-refractivity contribution in [2.24, 2.45) is 5.92 Å². The average molecular weight is 405 g/mol. The normalized spacial score (nSPS) is 12.3. The molecule has 0 unspecified atom stereocenters. The van der Waals surface area contributed by atoms with Gasteiger partial charge in [-0.3, -0.25) is 4.90 Å². The molecule has 148 valence electrons. The zero-order valence-electron chi connectivity index (χ0n) is 16.6. The van der Waals surface area contributed by atoms with Gasteiger partial charge in [-0.25, -0.2) is 4.79 Å². The van der Waals surface area contributed by atoms with E-state index in [0.29, 0.717) is 12.5 Å². The highest BCUT2D eigenvalue weighted by Crippen LogP contribution is 2.48. The van der Waals surface area contributed by atoms with Crippen LogP contribution in [-0.4, -0.2) is 12.6 Å². The zero-order valence-corrected chi connectivity index (χ0v) is 17.4. The summed E-state index contributed by atoms with van der Waals surface area (Å²) in [7, 11) is 0. The van der Waals surface area contributed by atoms with Crippen LogP contribution in [0.1, 0.15) is 20.3 Å². The molecule has 0 fully saturated rings. The lowest BCUT2D eigenvalue weighted by molar-refractivity contribution is 0.258. The maximum Gasteiger partial charge on any atom is 0.331 e. The molecular weight excluding hydrogens is 380 g/mol. The van der Waals surface area contributed by atoms with Gasteiger partial charge >= 0.3 is 6.03 Å². The number of hydrogen-bond acceptors (Lipinski definition) is 3. The van der Waals surface area contributed by atoms with Crippen molar-refractivity contribution in [2.75, 3.05) is 16.8 Å². The quantitative estimate of drug-likeness (QED) is 0.500. The Hall–Kier alpha value is -2.92. The van der Waals surface area contributed by atoms with Gasteiger partial charge in [-0.05, 0) is 60.9 Å². The number of carbonyl (C=O) groups is 1. The number of para-hydroxylation sites is 2. The SMILES string of the molecule is CC(C)CCOc1ccc(NC(=O)N2c3ccccc3Sc3ccccc32)cc1. The molecule has 3 aromatic rings. The fourth-order valence-corrected chi connectivity index (χ4v) is 4.21. The summed E-state index contributed by atoms with van der Waals surface area (Å²) in [6.45, 7) is 5.05. The fourth-order valence-electron chi connectivity index (χ4n) is 3.15. The van der Waals surface area contributed by atoms with Gasteiger partial charge in [-0.15, -0.1) is 0 Å². The van der Waals surface area contributed by atoms with Gasteiger partial charge in [0.2, 0.25) is 0 Å². The van der Waals surface area contributed by atoms with Crippen LogP contribution in [0.3, 0.4) is 0 Å². The third-order valence-corrected chi connectivity index (χ3v) is 5.84. The highest BCUT2D eigenvalue weighted by Gasteiger charge is 2.27. The van der Waals surface area contributed by atoms with Crippen LogP contribution in [0.4, 0.5) is 21.9 Å². The van der Waals surface area contributed by atoms with E-state index in [1.54, 1.807) is 16.7 Å². The van der Waals surface area contributed by atoms with E-state index in [9.17, 15) is 4.79 Å². The summed E-state index contributed by atoms with van der Waals surface area (Å²) in [5, 5.41) is 3.02. The molecule has 0 radical (unpaired) electrons. The molecule has 3 aromatic carbocycles. The first kappa shape index (κ1) is 19.4. The van der Waals surface area contributed by atoms with Crippen molar-refractivity contribution >= 4 is 34.9 Å². The molecule has 0 saturated carbocycles. The molecule has 0 bridgehead atoms. The summed E-state index contributed by atoms with van der Waals surface area (Å²) >= 11 is 1.68. The van der Waals surface area contributed by atoms with Crippen molar-refractivity contribution in [2.45, 2.75) is 30.1 Å². The first-order valence-corrected chi connectivity index (χ1v) is 10.6. The lowest BCUT2D eigenvalue weighted by Gasteiger charge is -2.31. The minimum absolute atomic E-state index is 0.182. The minimum atomic E-state index is -0.182. The van der Waals surface area contributed by atoms with Gasteiger partial charge in [0.1, 0.15) is 5.75 Å². The molecule has 0 aromatic heterocycles. The number of nitrogens with zero attached hydrogens (tertiary/aromatic N) is 1. The topological polar surface area (TPSA) is 41.6 Å². The highest BCUT2D eigenvalue weighted by atomic mass is 32.2. The van der Waals surface area contributed by atoms with Crippen molar-refractivity contribution < 1.29 is 9.53 Å². The molecule has 1 heterocycles. The molecule has 29 heavy (non-hydrogen) atoms. The second-order valence-electron chi connectivity index (χ2n) is 7.36. The molecule has 0 aliphatic carbocycles. The van der Waals surface area contributed by atoms with E-state index in [1.165, 1.54) is 0 Å². The number of amides is 2. The van der Waals surface area contributed by atoms with Crippen molar-refractivity contribution in [1.82, 2.24) is 0 Å². The average Bonchev–Trinajstić information content (AvgIpc) is 2.73. The first-order valence-electron chi connectivity index (χ1n) is 9.82. The van der Waals surface area contributed by atoms with Gasteiger partial charge in [0.05, 0.1) is 18.0 Å². The van der Waals surface area contributed by atoms with Gasteiger partial charge < -0.3 is 10.1 Å². The van der Waals surface area contributed by atoms with E-state index in [-0.39, 0.29) is 6.03 Å². The van der Waals surface area contributed by atoms with Crippen molar-refractivity contribution in [1.29, 1.82) is 0 Å². The number of rotatable bonds is 5. The molecule has 1 aliphatic rings. The Morgan fingerprint density at radius 2 is 1.52 bits per heavy atom. The maximum atomic E-state index is 13.2. The largest absolute Gasteiger partial charge is 0.494 e. The van der Waals surface area contributed by atoms with Crippen molar-refractivity contribution in [3.05, 3.63) is 72.8 Å². The third kappa shape index (κ3) is 4.40. The van der Waals surface area contributed by atoms with E-state index < -0.39 is 0 Å². The molecule has 0 spiro atoms. The van der Waals surface area contributed by atoms with Crippen molar-refractivity contribution in [3.63, 3.8) is 0 Å². The Kier molecular flexibility index (Phi) is 5.76. The van der Waals surface area contributed by atoms with Crippen LogP contribution in [0.25, 0.3) is 0 Å². The Bertz CT molecular complexity index is 956. The van der Waals surface area contributed by atoms with Gasteiger partial charge in [0, 0.05) is 15.5 Å². The predicted octanol–water partition coefficient (Wildman–Crippen LogP) is 6.95. The minimum Gasteiger partial charge on any atom is -0.494 e. The summed E-state index contributed by atoms with van der Waals surface area (Å²) in [4.78, 5) is 17.1. The molecule has 1 aliphatic heterocycles. The van der Waals surface area contributed by atoms with E-state index >= 15 is 0 Å². The molecule has 2 amide bonds. The van der Waals surface area contributed by atoms with Crippen LogP contribution in [-0.2, 0) is 0 Å².